The smallest absolute Gasteiger partial charge is 0.123 e. The molecule has 0 heterocycles. The Morgan fingerprint density at radius 3 is 2.00 bits per heavy atom. The maximum absolute atomic E-state index is 10.6. The molecule has 2 aliphatic carbocycles. The Morgan fingerprint density at radius 2 is 1.43 bits per heavy atom. The van der Waals surface area contributed by atoms with Crippen molar-refractivity contribution in [3.8, 4) is 0 Å². The molecule has 0 bridgehead atoms. The van der Waals surface area contributed by atoms with Gasteiger partial charge in [0, 0.05) is 5.92 Å². The third kappa shape index (κ3) is 2.37. The Balaban J connectivity index is 1.78. The minimum absolute atomic E-state index is 0.390. The Kier molecular flexibility index (Phi) is 3.61. The van der Waals surface area contributed by atoms with Crippen LogP contribution in [0.15, 0.2) is 0 Å². The van der Waals surface area contributed by atoms with Gasteiger partial charge in [-0.25, -0.2) is 0 Å². The molecule has 0 amide bonds. The van der Waals surface area contributed by atoms with Crippen LogP contribution in [0.4, 0.5) is 0 Å². The Hall–Kier alpha value is -0.330. The summed E-state index contributed by atoms with van der Waals surface area (Å²) in [5.74, 6) is 2.31. The van der Waals surface area contributed by atoms with E-state index in [1.54, 1.807) is 0 Å². The van der Waals surface area contributed by atoms with Crippen LogP contribution in [0.25, 0.3) is 0 Å². The summed E-state index contributed by atoms with van der Waals surface area (Å²) in [4.78, 5) is 10.6. The van der Waals surface area contributed by atoms with Crippen LogP contribution in [-0.2, 0) is 4.79 Å². The van der Waals surface area contributed by atoms with Crippen molar-refractivity contribution < 1.29 is 4.79 Å². The number of hydrogen-bond donors (Lipinski definition) is 0. The highest BCUT2D eigenvalue weighted by Gasteiger charge is 2.28. The molecule has 2 saturated carbocycles. The molecule has 0 spiro atoms. The molecule has 2 fully saturated rings. The first-order valence-electron chi connectivity index (χ1n) is 6.17. The summed E-state index contributed by atoms with van der Waals surface area (Å²) in [7, 11) is 0. The van der Waals surface area contributed by atoms with E-state index < -0.39 is 0 Å². The Morgan fingerprint density at radius 1 is 0.857 bits per heavy atom. The summed E-state index contributed by atoms with van der Waals surface area (Å²) in [5, 5.41) is 0. The van der Waals surface area contributed by atoms with Crippen molar-refractivity contribution in [2.45, 2.75) is 51.4 Å². The average Bonchev–Trinajstić information content (AvgIpc) is 2.30. The lowest BCUT2D eigenvalue weighted by Gasteiger charge is -2.34. The van der Waals surface area contributed by atoms with Crippen LogP contribution >= 0.6 is 0 Å². The molecular weight excluding hydrogens is 172 g/mol. The molecule has 2 aliphatic rings. The minimum Gasteiger partial charge on any atom is -0.303 e. The van der Waals surface area contributed by atoms with E-state index in [-0.39, 0.29) is 0 Å². The standard InChI is InChI=1S/C13H21O/c14-10-11-6-8-13(9-7-11)12-4-2-1-3-5-12/h1,10-13H,2-9H2/t11-,13-. The van der Waals surface area contributed by atoms with Gasteiger partial charge in [0.1, 0.15) is 6.29 Å². The highest BCUT2D eigenvalue weighted by molar-refractivity contribution is 5.53. The predicted molar refractivity (Wildman–Crippen MR) is 57.8 cm³/mol. The molecule has 0 aromatic carbocycles. The normalized spacial score (nSPS) is 35.4. The van der Waals surface area contributed by atoms with Crippen LogP contribution in [0, 0.1) is 24.2 Å². The van der Waals surface area contributed by atoms with Crippen LogP contribution in [0.3, 0.4) is 0 Å². The third-order valence-electron chi connectivity index (χ3n) is 4.16. The van der Waals surface area contributed by atoms with E-state index in [0.717, 1.165) is 24.7 Å². The molecule has 1 radical (unpaired) electrons. The van der Waals surface area contributed by atoms with Gasteiger partial charge in [-0.2, -0.15) is 0 Å². The summed E-state index contributed by atoms with van der Waals surface area (Å²) >= 11 is 0. The van der Waals surface area contributed by atoms with Gasteiger partial charge in [-0.1, -0.05) is 0 Å². The quantitative estimate of drug-likeness (QED) is 0.614. The predicted octanol–water partition coefficient (Wildman–Crippen LogP) is 3.39. The van der Waals surface area contributed by atoms with Crippen LogP contribution in [0.2, 0.25) is 0 Å². The van der Waals surface area contributed by atoms with Crippen molar-refractivity contribution in [2.75, 3.05) is 0 Å². The lowest BCUT2D eigenvalue weighted by Crippen LogP contribution is -2.24. The van der Waals surface area contributed by atoms with Gasteiger partial charge in [-0.3, -0.25) is 0 Å². The largest absolute Gasteiger partial charge is 0.303 e. The molecule has 1 nitrogen and oxygen atoms in total. The van der Waals surface area contributed by atoms with Gasteiger partial charge in [-0.05, 0) is 69.6 Å². The van der Waals surface area contributed by atoms with Crippen LogP contribution in [0.1, 0.15) is 51.4 Å². The van der Waals surface area contributed by atoms with Gasteiger partial charge in [0.25, 0.3) is 0 Å². The molecule has 0 N–H and O–H groups in total. The lowest BCUT2D eigenvalue weighted by molar-refractivity contribution is -0.112. The zero-order chi connectivity index (χ0) is 9.80. The maximum Gasteiger partial charge on any atom is 0.123 e. The lowest BCUT2D eigenvalue weighted by atomic mass is 9.71. The van der Waals surface area contributed by atoms with E-state index in [9.17, 15) is 4.79 Å². The Labute approximate surface area is 87.3 Å². The molecule has 0 aliphatic heterocycles. The minimum atomic E-state index is 0.390. The summed E-state index contributed by atoms with van der Waals surface area (Å²) in [6.07, 6.45) is 14.0. The van der Waals surface area contributed by atoms with Crippen molar-refractivity contribution in [1.82, 2.24) is 0 Å². The molecule has 0 atom stereocenters. The first-order chi connectivity index (χ1) is 6.90. The van der Waals surface area contributed by atoms with Crippen molar-refractivity contribution in [3.05, 3.63) is 6.42 Å². The average molecular weight is 193 g/mol. The summed E-state index contributed by atoms with van der Waals surface area (Å²) in [6.45, 7) is 0. The van der Waals surface area contributed by atoms with Crippen molar-refractivity contribution in [3.63, 3.8) is 0 Å². The van der Waals surface area contributed by atoms with Crippen molar-refractivity contribution in [2.24, 2.45) is 17.8 Å². The highest BCUT2D eigenvalue weighted by Crippen LogP contribution is 2.39. The summed E-state index contributed by atoms with van der Waals surface area (Å²) < 4.78 is 0. The second-order valence-corrected chi connectivity index (χ2v) is 5.01. The van der Waals surface area contributed by atoms with Crippen molar-refractivity contribution >= 4 is 6.29 Å². The third-order valence-corrected chi connectivity index (χ3v) is 4.16. The maximum atomic E-state index is 10.6. The van der Waals surface area contributed by atoms with Gasteiger partial charge < -0.3 is 4.79 Å². The SMILES string of the molecule is O=C[C@H]1CC[C@H](C2CC[CH]CC2)CC1. The number of aldehydes is 1. The van der Waals surface area contributed by atoms with E-state index >= 15 is 0 Å². The first-order valence-corrected chi connectivity index (χ1v) is 6.17. The molecule has 0 aromatic rings. The van der Waals surface area contributed by atoms with Gasteiger partial charge in [0.05, 0.1) is 0 Å². The molecular formula is C13H21O. The number of carbonyl (C=O) groups is 1. The number of carbonyl (C=O) groups excluding carboxylic acids is 1. The molecule has 0 aromatic heterocycles. The molecule has 14 heavy (non-hydrogen) atoms. The summed E-state index contributed by atoms with van der Waals surface area (Å²) in [5.41, 5.74) is 0. The topological polar surface area (TPSA) is 17.1 Å². The second-order valence-electron chi connectivity index (χ2n) is 5.01. The van der Waals surface area contributed by atoms with E-state index in [2.05, 4.69) is 6.42 Å². The van der Waals surface area contributed by atoms with E-state index in [1.165, 1.54) is 44.8 Å². The number of rotatable bonds is 2. The fourth-order valence-electron chi connectivity index (χ4n) is 3.18. The van der Waals surface area contributed by atoms with Crippen molar-refractivity contribution in [1.29, 1.82) is 0 Å². The number of hydrogen-bond acceptors (Lipinski definition) is 1. The molecule has 0 unspecified atom stereocenters. The molecule has 2 rings (SSSR count). The molecule has 79 valence electrons. The highest BCUT2D eigenvalue weighted by atomic mass is 16.1. The first kappa shape index (κ1) is 10.2. The monoisotopic (exact) mass is 193 g/mol. The van der Waals surface area contributed by atoms with E-state index in [4.69, 9.17) is 0 Å². The van der Waals surface area contributed by atoms with Gasteiger partial charge in [0.15, 0.2) is 0 Å². The van der Waals surface area contributed by atoms with Gasteiger partial charge in [-0.15, -0.1) is 0 Å². The molecule has 1 heteroatoms. The fraction of sp³-hybridized carbons (Fsp3) is 0.846. The van der Waals surface area contributed by atoms with Crippen LogP contribution < -0.4 is 0 Å². The molecule has 0 saturated heterocycles. The van der Waals surface area contributed by atoms with Gasteiger partial charge >= 0.3 is 0 Å². The van der Waals surface area contributed by atoms with Gasteiger partial charge in [0.2, 0.25) is 0 Å². The van der Waals surface area contributed by atoms with E-state index in [1.807, 2.05) is 0 Å². The zero-order valence-corrected chi connectivity index (χ0v) is 8.95. The summed E-state index contributed by atoms with van der Waals surface area (Å²) in [6, 6.07) is 0. The van der Waals surface area contributed by atoms with Crippen LogP contribution in [0.5, 0.6) is 0 Å². The Bertz CT molecular complexity index is 174. The fourth-order valence-corrected chi connectivity index (χ4v) is 3.18. The zero-order valence-electron chi connectivity index (χ0n) is 8.95. The van der Waals surface area contributed by atoms with Crippen LogP contribution in [-0.4, -0.2) is 6.29 Å². The second kappa shape index (κ2) is 4.95. The van der Waals surface area contributed by atoms with E-state index in [0.29, 0.717) is 5.92 Å².